The number of rotatable bonds is 6. The number of aromatic nitrogens is 3. The van der Waals surface area contributed by atoms with Crippen LogP contribution < -0.4 is 5.56 Å². The van der Waals surface area contributed by atoms with E-state index in [-0.39, 0.29) is 23.7 Å². The second-order valence-electron chi connectivity index (χ2n) is 7.41. The molecule has 2 aromatic heterocycles. The van der Waals surface area contributed by atoms with E-state index in [1.54, 1.807) is 24.3 Å². The van der Waals surface area contributed by atoms with E-state index in [0.29, 0.717) is 35.2 Å². The molecule has 0 aliphatic rings. The third-order valence-corrected chi connectivity index (χ3v) is 5.95. The maximum atomic E-state index is 13.6. The lowest BCUT2D eigenvalue weighted by Crippen LogP contribution is -2.29. The average Bonchev–Trinajstić information content (AvgIpc) is 3.15. The van der Waals surface area contributed by atoms with Crippen molar-refractivity contribution in [1.82, 2.24) is 14.8 Å². The van der Waals surface area contributed by atoms with E-state index in [2.05, 4.69) is 10.1 Å². The smallest absolute Gasteiger partial charge is 0.270 e. The van der Waals surface area contributed by atoms with E-state index in [4.69, 9.17) is 0 Å². The molecule has 4 rings (SSSR count). The van der Waals surface area contributed by atoms with Gasteiger partial charge in [0.15, 0.2) is 0 Å². The van der Waals surface area contributed by atoms with Crippen molar-refractivity contribution in [2.24, 2.45) is 0 Å². The molecule has 2 aromatic carbocycles. The molecule has 4 aromatic rings. The van der Waals surface area contributed by atoms with E-state index in [1.807, 2.05) is 31.4 Å². The zero-order valence-electron chi connectivity index (χ0n) is 17.3. The molecule has 0 atom stereocenters. The Hall–Kier alpha value is -3.32. The van der Waals surface area contributed by atoms with Crippen LogP contribution in [0.5, 0.6) is 5.75 Å². The number of aryl methyl sites for hydroxylation is 3. The number of nitrogens with zero attached hydrogens (tertiary/aromatic N) is 3. The summed E-state index contributed by atoms with van der Waals surface area (Å²) in [5.74, 6) is -0.215. The van der Waals surface area contributed by atoms with Crippen molar-refractivity contribution in [2.45, 2.75) is 33.2 Å². The lowest BCUT2D eigenvalue weighted by molar-refractivity contribution is 0.477. The number of halogens is 1. The molecule has 5 nitrogen and oxygen atoms in total. The van der Waals surface area contributed by atoms with Gasteiger partial charge in [-0.05, 0) is 50.5 Å². The van der Waals surface area contributed by atoms with Crippen molar-refractivity contribution < 1.29 is 9.50 Å². The molecule has 1 N–H and O–H groups in total. The molecule has 0 radical (unpaired) electrons. The van der Waals surface area contributed by atoms with Gasteiger partial charge in [-0.1, -0.05) is 30.3 Å². The quantitative estimate of drug-likeness (QED) is 0.478. The number of phenols is 1. The number of hydrogen-bond acceptors (Lipinski definition) is 5. The molecule has 0 bridgehead atoms. The number of para-hydroxylation sites is 1. The molecule has 0 fully saturated rings. The van der Waals surface area contributed by atoms with Crippen LogP contribution in [0.25, 0.3) is 11.1 Å². The average molecular weight is 436 g/mol. The van der Waals surface area contributed by atoms with Gasteiger partial charge in [-0.3, -0.25) is 4.79 Å². The summed E-state index contributed by atoms with van der Waals surface area (Å²) in [6.45, 7) is 4.02. The van der Waals surface area contributed by atoms with E-state index < -0.39 is 0 Å². The van der Waals surface area contributed by atoms with Gasteiger partial charge in [0.05, 0.1) is 22.9 Å². The summed E-state index contributed by atoms with van der Waals surface area (Å²) in [5, 5.41) is 17.8. The molecule has 2 heterocycles. The second kappa shape index (κ2) is 8.81. The van der Waals surface area contributed by atoms with E-state index in [0.717, 1.165) is 16.3 Å². The molecule has 0 saturated carbocycles. The first kappa shape index (κ1) is 20.9. The van der Waals surface area contributed by atoms with Crippen molar-refractivity contribution in [3.8, 4) is 16.9 Å². The Morgan fingerprint density at radius 3 is 2.61 bits per heavy atom. The molecular formula is C24H22FN3O2S. The molecule has 158 valence electrons. The second-order valence-corrected chi connectivity index (χ2v) is 8.47. The molecule has 0 aliphatic heterocycles. The highest BCUT2D eigenvalue weighted by Gasteiger charge is 2.19. The Morgan fingerprint density at radius 1 is 1.10 bits per heavy atom. The summed E-state index contributed by atoms with van der Waals surface area (Å²) in [6, 6.07) is 13.3. The minimum Gasteiger partial charge on any atom is -0.507 e. The number of hydrogen-bond donors (Lipinski definition) is 1. The molecule has 0 spiro atoms. The van der Waals surface area contributed by atoms with Crippen LogP contribution in [-0.4, -0.2) is 19.9 Å². The number of benzene rings is 2. The van der Waals surface area contributed by atoms with E-state index in [1.165, 1.54) is 28.2 Å². The Bertz CT molecular complexity index is 1300. The fourth-order valence-corrected chi connectivity index (χ4v) is 4.34. The van der Waals surface area contributed by atoms with E-state index >= 15 is 0 Å². The summed E-state index contributed by atoms with van der Waals surface area (Å²) in [5.41, 5.74) is 3.74. The van der Waals surface area contributed by atoms with Gasteiger partial charge in [-0.2, -0.15) is 5.10 Å². The van der Waals surface area contributed by atoms with Crippen molar-refractivity contribution in [3.63, 3.8) is 0 Å². The van der Waals surface area contributed by atoms with Crippen molar-refractivity contribution in [3.05, 3.63) is 97.6 Å². The largest absolute Gasteiger partial charge is 0.507 e. The summed E-state index contributed by atoms with van der Waals surface area (Å²) < 4.78 is 15.1. The Balaban J connectivity index is 1.81. The summed E-state index contributed by atoms with van der Waals surface area (Å²) in [6.07, 6.45) is 0.887. The Kier molecular flexibility index (Phi) is 5.95. The zero-order chi connectivity index (χ0) is 22.0. The lowest BCUT2D eigenvalue weighted by Gasteiger charge is -2.16. The van der Waals surface area contributed by atoms with E-state index in [9.17, 15) is 14.3 Å². The van der Waals surface area contributed by atoms with Gasteiger partial charge in [-0.25, -0.2) is 14.1 Å². The Morgan fingerprint density at radius 2 is 1.90 bits per heavy atom. The first-order valence-corrected chi connectivity index (χ1v) is 10.8. The predicted octanol–water partition coefficient (Wildman–Crippen LogP) is 4.66. The molecule has 0 unspecified atom stereocenters. The number of aromatic hydroxyl groups is 1. The first-order chi connectivity index (χ1) is 14.9. The minimum absolute atomic E-state index is 0.0895. The third-order valence-electron chi connectivity index (χ3n) is 5.13. The topological polar surface area (TPSA) is 68.0 Å². The monoisotopic (exact) mass is 435 g/mol. The van der Waals surface area contributed by atoms with Crippen LogP contribution in [-0.2, 0) is 19.4 Å². The van der Waals surface area contributed by atoms with Crippen molar-refractivity contribution >= 4 is 11.3 Å². The van der Waals surface area contributed by atoms with Gasteiger partial charge in [-0.15, -0.1) is 11.3 Å². The minimum atomic E-state index is -0.305. The van der Waals surface area contributed by atoms with Crippen molar-refractivity contribution in [1.29, 1.82) is 0 Å². The van der Waals surface area contributed by atoms with Crippen LogP contribution >= 0.6 is 11.3 Å². The van der Waals surface area contributed by atoms with Gasteiger partial charge in [0.1, 0.15) is 11.6 Å². The summed E-state index contributed by atoms with van der Waals surface area (Å²) in [4.78, 5) is 17.9. The highest BCUT2D eigenvalue weighted by molar-refractivity contribution is 7.09. The zero-order valence-corrected chi connectivity index (χ0v) is 18.1. The first-order valence-electron chi connectivity index (χ1n) is 9.97. The fourth-order valence-electron chi connectivity index (χ4n) is 3.74. The summed E-state index contributed by atoms with van der Waals surface area (Å²) >= 11 is 1.53. The standard InChI is InChI=1S/C24H22FN3O2S/c1-15-23(20-8-3-4-9-22(20)29)21(11-10-17-6-5-7-18(25)12-17)24(30)28(27-15)13-19-14-31-16(2)26-19/h3-9,12,14,29H,10-11,13H2,1-2H3. The third kappa shape index (κ3) is 4.56. The van der Waals surface area contributed by atoms with Crippen LogP contribution in [0, 0.1) is 19.7 Å². The van der Waals surface area contributed by atoms with Gasteiger partial charge < -0.3 is 5.11 Å². The molecule has 0 amide bonds. The van der Waals surface area contributed by atoms with Gasteiger partial charge >= 0.3 is 0 Å². The number of phenolic OH excluding ortho intramolecular Hbond substituents is 1. The van der Waals surface area contributed by atoms with Crippen LogP contribution in [0.3, 0.4) is 0 Å². The fraction of sp³-hybridized carbons (Fsp3) is 0.208. The van der Waals surface area contributed by atoms with Crippen LogP contribution in [0.4, 0.5) is 4.39 Å². The molecule has 31 heavy (non-hydrogen) atoms. The van der Waals surface area contributed by atoms with Gasteiger partial charge in [0.2, 0.25) is 0 Å². The predicted molar refractivity (Wildman–Crippen MR) is 120 cm³/mol. The highest BCUT2D eigenvalue weighted by atomic mass is 32.1. The highest BCUT2D eigenvalue weighted by Crippen LogP contribution is 2.32. The normalized spacial score (nSPS) is 11.1. The SMILES string of the molecule is Cc1nc(Cn2nc(C)c(-c3ccccc3O)c(CCc3cccc(F)c3)c2=O)cs1. The Labute approximate surface area is 183 Å². The van der Waals surface area contributed by atoms with Crippen LogP contribution in [0.15, 0.2) is 58.7 Å². The summed E-state index contributed by atoms with van der Waals surface area (Å²) in [7, 11) is 0. The van der Waals surface area contributed by atoms with Crippen LogP contribution in [0.2, 0.25) is 0 Å². The number of thiazole rings is 1. The van der Waals surface area contributed by atoms with Gasteiger partial charge in [0, 0.05) is 22.1 Å². The van der Waals surface area contributed by atoms with Crippen LogP contribution in [0.1, 0.15) is 27.5 Å². The van der Waals surface area contributed by atoms with Crippen molar-refractivity contribution in [2.75, 3.05) is 0 Å². The lowest BCUT2D eigenvalue weighted by atomic mass is 9.94. The van der Waals surface area contributed by atoms with Gasteiger partial charge in [0.25, 0.3) is 5.56 Å². The molecule has 0 saturated heterocycles. The molecular weight excluding hydrogens is 413 g/mol. The maximum Gasteiger partial charge on any atom is 0.270 e. The maximum absolute atomic E-state index is 13.6. The molecule has 7 heteroatoms. The molecule has 0 aliphatic carbocycles.